The molecule has 0 saturated carbocycles. The number of carbonyl (C=O) groups excluding carboxylic acids is 2. The normalized spacial score (nSPS) is 20.2. The van der Waals surface area contributed by atoms with Crippen molar-refractivity contribution in [3.05, 3.63) is 94.0 Å². The fourth-order valence-corrected chi connectivity index (χ4v) is 4.08. The van der Waals surface area contributed by atoms with E-state index in [1.165, 1.54) is 0 Å². The summed E-state index contributed by atoms with van der Waals surface area (Å²) in [7, 11) is 0. The van der Waals surface area contributed by atoms with Gasteiger partial charge in [0, 0.05) is 11.1 Å². The fourth-order valence-electron chi connectivity index (χ4n) is 4.08. The van der Waals surface area contributed by atoms with Gasteiger partial charge in [-0.1, -0.05) is 54.6 Å². The molecule has 1 fully saturated rings. The number of hydrogen-bond acceptors (Lipinski definition) is 6. The highest BCUT2D eigenvalue weighted by atomic mass is 16.7. The predicted octanol–water partition coefficient (Wildman–Crippen LogP) is 4.57. The molecule has 0 bridgehead atoms. The first-order valence-corrected chi connectivity index (χ1v) is 10.5. The molecule has 32 heavy (non-hydrogen) atoms. The van der Waals surface area contributed by atoms with Crippen molar-refractivity contribution in [1.29, 1.82) is 0 Å². The van der Waals surface area contributed by atoms with Crippen LogP contribution in [-0.4, -0.2) is 28.9 Å². The number of hydrogen-bond donors (Lipinski definition) is 1. The third kappa shape index (κ3) is 3.28. The Morgan fingerprint density at radius 3 is 2.03 bits per heavy atom. The second-order valence-electron chi connectivity index (χ2n) is 8.05. The van der Waals surface area contributed by atoms with Gasteiger partial charge >= 0.3 is 0 Å². The highest BCUT2D eigenvalue weighted by Crippen LogP contribution is 2.45. The lowest BCUT2D eigenvalue weighted by atomic mass is 9.82. The van der Waals surface area contributed by atoms with E-state index in [4.69, 9.17) is 14.2 Å². The van der Waals surface area contributed by atoms with Crippen LogP contribution in [-0.2, 0) is 16.1 Å². The minimum absolute atomic E-state index is 0.0602. The Balaban J connectivity index is 1.65. The lowest BCUT2D eigenvalue weighted by molar-refractivity contribution is -0.0666. The summed E-state index contributed by atoms with van der Waals surface area (Å²) >= 11 is 0. The minimum Gasteiger partial charge on any atom is -0.507 e. The van der Waals surface area contributed by atoms with E-state index in [-0.39, 0.29) is 63.9 Å². The van der Waals surface area contributed by atoms with Crippen LogP contribution in [0.1, 0.15) is 63.1 Å². The van der Waals surface area contributed by atoms with Crippen LogP contribution < -0.4 is 4.74 Å². The Bertz CT molecular complexity index is 1210. The van der Waals surface area contributed by atoms with E-state index in [0.29, 0.717) is 0 Å². The minimum atomic E-state index is -0.871. The molecule has 0 amide bonds. The summed E-state index contributed by atoms with van der Waals surface area (Å²) in [5.41, 5.74) is 1.70. The first kappa shape index (κ1) is 20.4. The topological polar surface area (TPSA) is 82.1 Å². The summed E-state index contributed by atoms with van der Waals surface area (Å²) in [5.74, 6) is -0.900. The van der Waals surface area contributed by atoms with Crippen LogP contribution in [0.4, 0.5) is 0 Å². The standard InChI is InChI=1S/C26H22O6/c1-14-15(2)32-26(31-14)19-12-20(30-13-16-8-4-3-5-9-16)21-22(25(19)29)24(28)18-11-7-6-10-17(18)23(21)27/h3-12,14-15,26,29H,13H2,1-2H3/t14-,15-/m1/s1. The number of benzene rings is 3. The van der Waals surface area contributed by atoms with Crippen molar-refractivity contribution in [1.82, 2.24) is 0 Å². The molecule has 1 aliphatic carbocycles. The number of aromatic hydroxyl groups is 1. The molecule has 0 unspecified atom stereocenters. The van der Waals surface area contributed by atoms with Gasteiger partial charge in [-0.2, -0.15) is 0 Å². The Labute approximate surface area is 185 Å². The molecule has 1 heterocycles. The smallest absolute Gasteiger partial charge is 0.198 e. The molecular weight excluding hydrogens is 408 g/mol. The number of carbonyl (C=O) groups is 2. The van der Waals surface area contributed by atoms with Crippen LogP contribution in [0.5, 0.6) is 11.5 Å². The second kappa shape index (κ2) is 7.89. The molecule has 162 valence electrons. The third-order valence-electron chi connectivity index (χ3n) is 5.99. The number of fused-ring (bicyclic) bond motifs is 2. The van der Waals surface area contributed by atoms with Crippen molar-refractivity contribution < 1.29 is 28.9 Å². The van der Waals surface area contributed by atoms with Crippen LogP contribution in [0.3, 0.4) is 0 Å². The van der Waals surface area contributed by atoms with E-state index in [1.807, 2.05) is 44.2 Å². The van der Waals surface area contributed by atoms with Gasteiger partial charge in [0.1, 0.15) is 18.1 Å². The molecule has 3 aromatic rings. The van der Waals surface area contributed by atoms with Crippen LogP contribution in [0.25, 0.3) is 0 Å². The fraction of sp³-hybridized carbons (Fsp3) is 0.231. The van der Waals surface area contributed by atoms with Crippen molar-refractivity contribution in [2.45, 2.75) is 39.0 Å². The molecule has 2 atom stereocenters. The van der Waals surface area contributed by atoms with Crippen LogP contribution in [0.2, 0.25) is 0 Å². The molecule has 1 saturated heterocycles. The zero-order valence-corrected chi connectivity index (χ0v) is 17.7. The summed E-state index contributed by atoms with van der Waals surface area (Å²) in [4.78, 5) is 26.7. The summed E-state index contributed by atoms with van der Waals surface area (Å²) in [6, 6.07) is 17.6. The van der Waals surface area contributed by atoms with Crippen molar-refractivity contribution in [2.24, 2.45) is 0 Å². The Kier molecular flexibility index (Phi) is 5.04. The average molecular weight is 430 g/mol. The summed E-state index contributed by atoms with van der Waals surface area (Å²) in [6.07, 6.45) is -1.26. The number of phenols is 1. The van der Waals surface area contributed by atoms with Gasteiger partial charge in [-0.25, -0.2) is 0 Å². The van der Waals surface area contributed by atoms with E-state index in [2.05, 4.69) is 0 Å². The predicted molar refractivity (Wildman–Crippen MR) is 116 cm³/mol. The first-order chi connectivity index (χ1) is 15.5. The largest absolute Gasteiger partial charge is 0.507 e. The van der Waals surface area contributed by atoms with E-state index in [1.54, 1.807) is 30.3 Å². The van der Waals surface area contributed by atoms with Gasteiger partial charge in [0.2, 0.25) is 0 Å². The molecule has 1 N–H and O–H groups in total. The number of ketones is 2. The molecule has 0 radical (unpaired) electrons. The SMILES string of the molecule is C[C@H]1OC(c2cc(OCc3ccccc3)c3c(c2O)C(=O)c2ccccc2C3=O)O[C@@H]1C. The Hall–Kier alpha value is -3.48. The Morgan fingerprint density at radius 1 is 0.844 bits per heavy atom. The summed E-state index contributed by atoms with van der Waals surface area (Å²) < 4.78 is 17.7. The molecule has 6 heteroatoms. The van der Waals surface area contributed by atoms with Crippen LogP contribution in [0, 0.1) is 0 Å². The van der Waals surface area contributed by atoms with Gasteiger partial charge in [0.05, 0.1) is 28.9 Å². The van der Waals surface area contributed by atoms with Gasteiger partial charge in [-0.3, -0.25) is 9.59 Å². The zero-order chi connectivity index (χ0) is 22.4. The van der Waals surface area contributed by atoms with Crippen LogP contribution >= 0.6 is 0 Å². The highest BCUT2D eigenvalue weighted by molar-refractivity contribution is 6.30. The molecule has 6 nitrogen and oxygen atoms in total. The van der Waals surface area contributed by atoms with E-state index in [0.717, 1.165) is 5.56 Å². The van der Waals surface area contributed by atoms with E-state index < -0.39 is 12.1 Å². The number of rotatable bonds is 4. The molecular formula is C26H22O6. The molecule has 0 spiro atoms. The number of phenolic OH excluding ortho intramolecular Hbond substituents is 1. The van der Waals surface area contributed by atoms with Crippen LogP contribution in [0.15, 0.2) is 60.7 Å². The van der Waals surface area contributed by atoms with E-state index in [9.17, 15) is 14.7 Å². The summed E-state index contributed by atoms with van der Waals surface area (Å²) in [5, 5.41) is 11.1. The first-order valence-electron chi connectivity index (χ1n) is 10.5. The van der Waals surface area contributed by atoms with Gasteiger partial charge in [-0.05, 0) is 25.5 Å². The Morgan fingerprint density at radius 2 is 1.41 bits per heavy atom. The van der Waals surface area contributed by atoms with Crippen molar-refractivity contribution in [3.63, 3.8) is 0 Å². The number of ether oxygens (including phenoxy) is 3. The molecule has 3 aromatic carbocycles. The second-order valence-corrected chi connectivity index (χ2v) is 8.05. The van der Waals surface area contributed by atoms with Gasteiger partial charge in [0.15, 0.2) is 17.9 Å². The van der Waals surface area contributed by atoms with E-state index >= 15 is 0 Å². The summed E-state index contributed by atoms with van der Waals surface area (Å²) in [6.45, 7) is 3.94. The zero-order valence-electron chi connectivity index (χ0n) is 17.7. The average Bonchev–Trinajstić information content (AvgIpc) is 3.15. The van der Waals surface area contributed by atoms with Gasteiger partial charge in [-0.15, -0.1) is 0 Å². The van der Waals surface area contributed by atoms with Gasteiger partial charge < -0.3 is 19.3 Å². The monoisotopic (exact) mass is 430 g/mol. The molecule has 5 rings (SSSR count). The quantitative estimate of drug-likeness (QED) is 0.511. The third-order valence-corrected chi connectivity index (χ3v) is 5.99. The molecule has 2 aliphatic rings. The molecule has 0 aromatic heterocycles. The molecule has 1 aliphatic heterocycles. The maximum atomic E-state index is 13.4. The lowest BCUT2D eigenvalue weighted by Gasteiger charge is -2.24. The van der Waals surface area contributed by atoms with Crippen molar-refractivity contribution >= 4 is 11.6 Å². The maximum Gasteiger partial charge on any atom is 0.198 e. The maximum absolute atomic E-state index is 13.4. The van der Waals surface area contributed by atoms with Crippen molar-refractivity contribution in [2.75, 3.05) is 0 Å². The van der Waals surface area contributed by atoms with Gasteiger partial charge in [0.25, 0.3) is 0 Å². The van der Waals surface area contributed by atoms with Crippen molar-refractivity contribution in [3.8, 4) is 11.5 Å². The highest BCUT2D eigenvalue weighted by Gasteiger charge is 2.40. The lowest BCUT2D eigenvalue weighted by Crippen LogP contribution is -2.23.